The van der Waals surface area contributed by atoms with Crippen molar-refractivity contribution in [2.24, 2.45) is 0 Å². The number of hydrogen-bond donors (Lipinski definition) is 1. The van der Waals surface area contributed by atoms with Crippen molar-refractivity contribution in [2.75, 3.05) is 20.1 Å². The average Bonchev–Trinajstić information content (AvgIpc) is 3.24. The van der Waals surface area contributed by atoms with Gasteiger partial charge in [-0.3, -0.25) is 14.9 Å². The molecule has 0 radical (unpaired) electrons. The van der Waals surface area contributed by atoms with E-state index < -0.39 is 0 Å². The van der Waals surface area contributed by atoms with Gasteiger partial charge in [0.2, 0.25) is 0 Å². The number of hydrogen-bond acceptors (Lipinski definition) is 5. The Kier molecular flexibility index (Phi) is 4.41. The second-order valence-corrected chi connectivity index (χ2v) is 7.05. The van der Waals surface area contributed by atoms with Crippen LogP contribution in [0.15, 0.2) is 30.9 Å². The molecule has 0 bridgehead atoms. The molecule has 0 saturated carbocycles. The molecular formula is C18H21ClN6. The second-order valence-electron chi connectivity index (χ2n) is 6.64. The van der Waals surface area contributed by atoms with Crippen LogP contribution in [0, 0.1) is 6.92 Å². The summed E-state index contributed by atoms with van der Waals surface area (Å²) in [6, 6.07) is 2.47. The Labute approximate surface area is 151 Å². The molecule has 0 aliphatic carbocycles. The predicted molar refractivity (Wildman–Crippen MR) is 98.7 cm³/mol. The Morgan fingerprint density at radius 1 is 1.32 bits per heavy atom. The van der Waals surface area contributed by atoms with E-state index in [0.29, 0.717) is 11.1 Å². The smallest absolute Gasteiger partial charge is 0.155 e. The minimum absolute atomic E-state index is 0.576. The first kappa shape index (κ1) is 16.4. The van der Waals surface area contributed by atoms with Crippen LogP contribution in [0.5, 0.6) is 0 Å². The minimum atomic E-state index is 0.576. The van der Waals surface area contributed by atoms with E-state index in [1.54, 1.807) is 0 Å². The van der Waals surface area contributed by atoms with E-state index >= 15 is 0 Å². The van der Waals surface area contributed by atoms with Crippen molar-refractivity contribution in [3.05, 3.63) is 47.3 Å². The summed E-state index contributed by atoms with van der Waals surface area (Å²) < 4.78 is 1.93. The highest BCUT2D eigenvalue weighted by atomic mass is 35.5. The monoisotopic (exact) mass is 356 g/mol. The van der Waals surface area contributed by atoms with E-state index in [4.69, 9.17) is 11.6 Å². The van der Waals surface area contributed by atoms with Crippen LogP contribution in [-0.4, -0.2) is 50.4 Å². The molecule has 1 N–H and O–H groups in total. The molecule has 1 atom stereocenters. The zero-order valence-electron chi connectivity index (χ0n) is 14.4. The van der Waals surface area contributed by atoms with Gasteiger partial charge in [0.25, 0.3) is 0 Å². The summed E-state index contributed by atoms with van der Waals surface area (Å²) in [4.78, 5) is 15.9. The van der Waals surface area contributed by atoms with E-state index in [2.05, 4.69) is 32.2 Å². The number of pyridine rings is 1. The molecule has 4 heterocycles. The zero-order valence-corrected chi connectivity index (χ0v) is 15.2. The number of imidazole rings is 1. The van der Waals surface area contributed by atoms with Crippen molar-refractivity contribution in [1.29, 1.82) is 0 Å². The van der Waals surface area contributed by atoms with Crippen molar-refractivity contribution in [3.63, 3.8) is 0 Å². The third kappa shape index (κ3) is 3.38. The summed E-state index contributed by atoms with van der Waals surface area (Å²) in [6.45, 7) is 4.90. The number of halogens is 1. The summed E-state index contributed by atoms with van der Waals surface area (Å²) in [7, 11) is 2.14. The van der Waals surface area contributed by atoms with Gasteiger partial charge in [0.05, 0.1) is 34.5 Å². The van der Waals surface area contributed by atoms with Crippen LogP contribution in [0.4, 0.5) is 0 Å². The van der Waals surface area contributed by atoms with E-state index in [-0.39, 0.29) is 0 Å². The molecule has 1 aliphatic heterocycles. The van der Waals surface area contributed by atoms with Gasteiger partial charge in [-0.05, 0) is 33.0 Å². The molecule has 1 aliphatic rings. The summed E-state index contributed by atoms with van der Waals surface area (Å²) >= 11 is 6.35. The largest absolute Gasteiger partial charge is 0.315 e. The number of aryl methyl sites for hydroxylation is 1. The molecule has 0 amide bonds. The highest BCUT2D eigenvalue weighted by Crippen LogP contribution is 2.24. The molecule has 0 aromatic carbocycles. The lowest BCUT2D eigenvalue weighted by molar-refractivity contribution is 0.246. The minimum Gasteiger partial charge on any atom is -0.315 e. The van der Waals surface area contributed by atoms with Crippen LogP contribution < -0.4 is 5.32 Å². The molecule has 1 saturated heterocycles. The van der Waals surface area contributed by atoms with Gasteiger partial charge in [-0.1, -0.05) is 11.6 Å². The van der Waals surface area contributed by atoms with Crippen molar-refractivity contribution < 1.29 is 0 Å². The molecule has 1 fully saturated rings. The summed E-state index contributed by atoms with van der Waals surface area (Å²) in [5.41, 5.74) is 4.42. The fourth-order valence-electron chi connectivity index (χ4n) is 3.31. The second kappa shape index (κ2) is 6.71. The maximum atomic E-state index is 6.35. The highest BCUT2D eigenvalue weighted by Gasteiger charge is 2.19. The zero-order chi connectivity index (χ0) is 17.4. The lowest BCUT2D eigenvalue weighted by Gasteiger charge is -2.22. The van der Waals surface area contributed by atoms with Gasteiger partial charge in [0, 0.05) is 37.1 Å². The third-order valence-corrected chi connectivity index (χ3v) is 4.98. The van der Waals surface area contributed by atoms with Crippen molar-refractivity contribution >= 4 is 17.2 Å². The van der Waals surface area contributed by atoms with Crippen LogP contribution in [0.2, 0.25) is 5.02 Å². The Morgan fingerprint density at radius 2 is 2.20 bits per heavy atom. The molecule has 3 aromatic rings. The normalized spacial score (nSPS) is 17.7. The van der Waals surface area contributed by atoms with Crippen LogP contribution in [0.1, 0.15) is 17.8 Å². The highest BCUT2D eigenvalue weighted by molar-refractivity contribution is 6.33. The lowest BCUT2D eigenvalue weighted by atomic mass is 10.2. The molecule has 0 spiro atoms. The molecule has 130 valence electrons. The van der Waals surface area contributed by atoms with E-state index in [1.165, 1.54) is 6.42 Å². The van der Waals surface area contributed by atoms with Crippen molar-refractivity contribution in [3.8, 4) is 11.3 Å². The van der Waals surface area contributed by atoms with Crippen LogP contribution in [0.3, 0.4) is 0 Å². The number of likely N-dealkylation sites (N-methyl/N-ethyl adjacent to an activating group) is 1. The Balaban J connectivity index is 1.55. The number of aromatic nitrogens is 4. The number of nitrogens with zero attached hydrogens (tertiary/aromatic N) is 5. The van der Waals surface area contributed by atoms with Crippen LogP contribution in [0.25, 0.3) is 16.9 Å². The Morgan fingerprint density at radius 3 is 2.92 bits per heavy atom. The standard InChI is InChI=1S/C18H21ClN6/c1-12-9-25-10-13(5-16(19)18(25)23-12)17-8-21-14(6-22-17)11-24(2)15-3-4-20-7-15/h5-6,8-10,15,20H,3-4,7,11H2,1-2H3. The van der Waals surface area contributed by atoms with Gasteiger partial charge >= 0.3 is 0 Å². The topological polar surface area (TPSA) is 58.4 Å². The number of rotatable bonds is 4. The molecule has 4 rings (SSSR count). The average molecular weight is 357 g/mol. The molecule has 7 heteroatoms. The molecular weight excluding hydrogens is 336 g/mol. The maximum Gasteiger partial charge on any atom is 0.155 e. The van der Waals surface area contributed by atoms with Gasteiger partial charge in [0.1, 0.15) is 0 Å². The SMILES string of the molecule is Cc1cn2cc(-c3cnc(CN(C)C4CCNC4)cn3)cc(Cl)c2n1. The van der Waals surface area contributed by atoms with Gasteiger partial charge in [-0.2, -0.15) is 0 Å². The number of nitrogens with one attached hydrogen (secondary N) is 1. The first-order chi connectivity index (χ1) is 12.1. The predicted octanol–water partition coefficient (Wildman–Crippen LogP) is 2.55. The van der Waals surface area contributed by atoms with Crippen LogP contribution in [-0.2, 0) is 6.54 Å². The van der Waals surface area contributed by atoms with E-state index in [1.807, 2.05) is 42.2 Å². The molecule has 6 nitrogen and oxygen atoms in total. The Bertz CT molecular complexity index is 882. The van der Waals surface area contributed by atoms with Crippen molar-refractivity contribution in [2.45, 2.75) is 25.9 Å². The van der Waals surface area contributed by atoms with Crippen molar-refractivity contribution in [1.82, 2.24) is 29.6 Å². The lowest BCUT2D eigenvalue weighted by Crippen LogP contribution is -2.33. The fourth-order valence-corrected chi connectivity index (χ4v) is 3.56. The van der Waals surface area contributed by atoms with Gasteiger partial charge in [-0.25, -0.2) is 4.98 Å². The molecule has 3 aromatic heterocycles. The van der Waals surface area contributed by atoms with Gasteiger partial charge in [0.15, 0.2) is 5.65 Å². The first-order valence-electron chi connectivity index (χ1n) is 8.47. The van der Waals surface area contributed by atoms with Gasteiger partial charge < -0.3 is 9.72 Å². The van der Waals surface area contributed by atoms with E-state index in [9.17, 15) is 0 Å². The van der Waals surface area contributed by atoms with E-state index in [0.717, 1.165) is 47.9 Å². The quantitative estimate of drug-likeness (QED) is 0.778. The Hall–Kier alpha value is -2.02. The number of fused-ring (bicyclic) bond motifs is 1. The van der Waals surface area contributed by atoms with Gasteiger partial charge in [-0.15, -0.1) is 0 Å². The summed E-state index contributed by atoms with van der Waals surface area (Å²) in [5, 5.41) is 4.01. The summed E-state index contributed by atoms with van der Waals surface area (Å²) in [5.74, 6) is 0. The van der Waals surface area contributed by atoms with Crippen LogP contribution >= 0.6 is 11.6 Å². The first-order valence-corrected chi connectivity index (χ1v) is 8.85. The summed E-state index contributed by atoms with van der Waals surface area (Å²) in [6.07, 6.45) is 8.80. The maximum absolute atomic E-state index is 6.35. The fraction of sp³-hybridized carbons (Fsp3) is 0.389. The third-order valence-electron chi connectivity index (χ3n) is 4.70. The molecule has 1 unspecified atom stereocenters. The molecule has 25 heavy (non-hydrogen) atoms.